The smallest absolute Gasteiger partial charge is 0.301 e. The summed E-state index contributed by atoms with van der Waals surface area (Å²) in [4.78, 5) is 20.4. The fraction of sp³-hybridized carbons (Fsp3) is 0.182. The molecule has 38 heavy (non-hydrogen) atoms. The number of rotatable bonds is 4. The number of alkyl halides is 3. The molecule has 4 aromatic heterocycles. The molecule has 4 heterocycles. The highest BCUT2D eigenvalue weighted by atomic mass is 32.2. The Balaban J connectivity index is 1.80. The predicted octanol–water partition coefficient (Wildman–Crippen LogP) is 5.89. The van der Waals surface area contributed by atoms with E-state index in [0.717, 1.165) is 17.7 Å². The van der Waals surface area contributed by atoms with E-state index in [9.17, 15) is 30.8 Å². The zero-order valence-electron chi connectivity index (χ0n) is 19.2. The van der Waals surface area contributed by atoms with Crippen molar-refractivity contribution in [2.24, 2.45) is 0 Å². The van der Waals surface area contributed by atoms with Crippen LogP contribution in [0.2, 0.25) is 0 Å². The number of nitrogens with zero attached hydrogens (tertiary/aromatic N) is 4. The van der Waals surface area contributed by atoms with Gasteiger partial charge in [-0.3, -0.25) is 4.79 Å². The van der Waals surface area contributed by atoms with Crippen LogP contribution in [0.1, 0.15) is 12.5 Å². The van der Waals surface area contributed by atoms with E-state index in [1.54, 1.807) is 13.2 Å². The van der Waals surface area contributed by atoms with E-state index in [1.807, 2.05) is 0 Å². The molecule has 0 atom stereocenters. The average Bonchev–Trinajstić information content (AvgIpc) is 3.55. The molecule has 0 amide bonds. The molecule has 0 fully saturated rings. The second kappa shape index (κ2) is 8.46. The number of fused-ring (bicyclic) bond motifs is 5. The third-order valence-electron chi connectivity index (χ3n) is 6.12. The highest BCUT2D eigenvalue weighted by molar-refractivity contribution is 7.98. The zero-order valence-corrected chi connectivity index (χ0v) is 22.4. The monoisotopic (exact) mass is 599 g/mol. The van der Waals surface area contributed by atoms with Crippen molar-refractivity contribution >= 4 is 85.9 Å². The van der Waals surface area contributed by atoms with Gasteiger partial charge in [-0.25, -0.2) is 9.37 Å². The number of hydrogen-bond donors (Lipinski definition) is 1. The number of nitrogens with one attached hydrogen (secondary N) is 1. The molecule has 6 rings (SSSR count). The molecule has 0 saturated heterocycles. The predicted molar refractivity (Wildman–Crippen MR) is 141 cm³/mol. The van der Waals surface area contributed by atoms with Crippen LogP contribution in [0.25, 0.3) is 52.5 Å². The van der Waals surface area contributed by atoms with Crippen LogP contribution in [-0.2, 0) is 16.4 Å². The van der Waals surface area contributed by atoms with Gasteiger partial charge in [-0.15, -0.1) is 15.4 Å². The Morgan fingerprint density at radius 1 is 1.18 bits per heavy atom. The van der Waals surface area contributed by atoms with Crippen LogP contribution in [0.4, 0.5) is 17.6 Å². The summed E-state index contributed by atoms with van der Waals surface area (Å²) in [6.45, 7) is 1.73. The molecule has 16 heteroatoms. The molecule has 0 unspecified atom stereocenters. The van der Waals surface area contributed by atoms with Gasteiger partial charge >= 0.3 is 15.5 Å². The molecule has 2 aromatic carbocycles. The second-order valence-corrected chi connectivity index (χ2v) is 12.5. The van der Waals surface area contributed by atoms with Crippen LogP contribution in [0.5, 0.6) is 0 Å². The normalized spacial score (nSPS) is 13.0. The Kier molecular flexibility index (Phi) is 5.61. The van der Waals surface area contributed by atoms with Gasteiger partial charge in [-0.05, 0) is 52.7 Å². The molecule has 0 aliphatic rings. The highest BCUT2D eigenvalue weighted by Gasteiger charge is 2.49. The lowest BCUT2D eigenvalue weighted by molar-refractivity contribution is -0.0448. The third kappa shape index (κ3) is 3.43. The first-order valence-corrected chi connectivity index (χ1v) is 15.0. The van der Waals surface area contributed by atoms with Crippen molar-refractivity contribution in [2.45, 2.75) is 24.0 Å². The number of hydrogen-bond acceptors (Lipinski definition) is 9. The SMILES string of the molecule is CCc1c(F)ccc2cc3c(cnn3S(=O)(=O)C(F)(F)F)c(-c3nsc4c3sc3nc(SC)[nH]c(=O)c34)c12. The first-order chi connectivity index (χ1) is 18.0. The molecule has 0 saturated carbocycles. The number of aryl methyl sites for hydroxylation is 1. The van der Waals surface area contributed by atoms with E-state index in [1.165, 1.54) is 41.3 Å². The van der Waals surface area contributed by atoms with Gasteiger partial charge in [0.25, 0.3) is 5.56 Å². The van der Waals surface area contributed by atoms with Gasteiger partial charge in [0.05, 0.1) is 26.5 Å². The van der Waals surface area contributed by atoms with E-state index in [-0.39, 0.29) is 43.8 Å². The number of H-pyrrole nitrogens is 1. The minimum Gasteiger partial charge on any atom is -0.301 e. The maximum atomic E-state index is 15.0. The maximum Gasteiger partial charge on any atom is 0.518 e. The summed E-state index contributed by atoms with van der Waals surface area (Å²) < 4.78 is 85.5. The molecule has 1 N–H and O–H groups in total. The number of benzene rings is 2. The molecule has 0 aliphatic heterocycles. The molecular weight excluding hydrogens is 587 g/mol. The first kappa shape index (κ1) is 25.2. The quantitative estimate of drug-likeness (QED) is 0.153. The number of thioether (sulfide) groups is 1. The number of aromatic amines is 1. The lowest BCUT2D eigenvalue weighted by Gasteiger charge is -2.14. The highest BCUT2D eigenvalue weighted by Crippen LogP contribution is 2.46. The summed E-state index contributed by atoms with van der Waals surface area (Å²) in [5, 5.41) is 5.05. The van der Waals surface area contributed by atoms with Gasteiger partial charge < -0.3 is 4.98 Å². The molecule has 0 bridgehead atoms. The van der Waals surface area contributed by atoms with Crippen molar-refractivity contribution in [1.82, 2.24) is 23.5 Å². The lowest BCUT2D eigenvalue weighted by Crippen LogP contribution is -2.30. The van der Waals surface area contributed by atoms with Crippen LogP contribution in [-0.4, -0.2) is 43.7 Å². The van der Waals surface area contributed by atoms with E-state index >= 15 is 0 Å². The Hall–Kier alpha value is -3.08. The van der Waals surface area contributed by atoms with Crippen LogP contribution in [0.3, 0.4) is 0 Å². The van der Waals surface area contributed by atoms with Crippen molar-refractivity contribution in [3.8, 4) is 11.3 Å². The largest absolute Gasteiger partial charge is 0.518 e. The van der Waals surface area contributed by atoms with Gasteiger partial charge in [-0.2, -0.15) is 31.1 Å². The Morgan fingerprint density at radius 3 is 2.63 bits per heavy atom. The fourth-order valence-corrected chi connectivity index (χ4v) is 7.94. The van der Waals surface area contributed by atoms with E-state index in [0.29, 0.717) is 35.5 Å². The van der Waals surface area contributed by atoms with Crippen molar-refractivity contribution < 1.29 is 26.0 Å². The van der Waals surface area contributed by atoms with Crippen LogP contribution >= 0.6 is 34.6 Å². The number of halogens is 4. The molecular formula is C22H13F4N5O3S4. The van der Waals surface area contributed by atoms with Gasteiger partial charge in [0.15, 0.2) is 5.16 Å². The summed E-state index contributed by atoms with van der Waals surface area (Å²) in [5.41, 5.74) is -5.50. The summed E-state index contributed by atoms with van der Waals surface area (Å²) in [5.74, 6) is -0.526. The van der Waals surface area contributed by atoms with Gasteiger partial charge in [-0.1, -0.05) is 24.8 Å². The Morgan fingerprint density at radius 2 is 1.95 bits per heavy atom. The summed E-state index contributed by atoms with van der Waals surface area (Å²) in [6.07, 6.45) is 3.01. The molecule has 196 valence electrons. The Bertz CT molecular complexity index is 2110. The first-order valence-electron chi connectivity index (χ1n) is 10.8. The van der Waals surface area contributed by atoms with Gasteiger partial charge in [0, 0.05) is 10.9 Å². The number of thiophene rings is 1. The summed E-state index contributed by atoms with van der Waals surface area (Å²) in [6, 6.07) is 3.80. The molecule has 0 spiro atoms. The van der Waals surface area contributed by atoms with Crippen molar-refractivity contribution in [3.05, 3.63) is 46.1 Å². The van der Waals surface area contributed by atoms with Crippen LogP contribution in [0, 0.1) is 5.82 Å². The van der Waals surface area contributed by atoms with Gasteiger partial charge in [0.2, 0.25) is 0 Å². The Labute approximate surface area is 222 Å². The van der Waals surface area contributed by atoms with Crippen LogP contribution in [0.15, 0.2) is 34.3 Å². The molecule has 0 radical (unpaired) electrons. The van der Waals surface area contributed by atoms with Crippen molar-refractivity contribution in [1.29, 1.82) is 0 Å². The minimum atomic E-state index is -5.86. The topological polar surface area (TPSA) is 111 Å². The maximum absolute atomic E-state index is 15.0. The molecule has 6 aromatic rings. The van der Waals surface area contributed by atoms with E-state index < -0.39 is 21.3 Å². The van der Waals surface area contributed by atoms with E-state index in [2.05, 4.69) is 19.4 Å². The standard InChI is InChI=1S/C22H13F4N5O3S4/c1-3-9-11(23)5-4-8-6-12-10(7-27-31(12)38(33,34)22(24,25)26)14(13(8)9)16-18-17(37-30-16)15-19(32)28-21(35-2)29-20(15)36-18/h4-7H,3H2,1-2H3,(H,28,29,32). The van der Waals surface area contributed by atoms with E-state index in [4.69, 9.17) is 0 Å². The average molecular weight is 600 g/mol. The van der Waals surface area contributed by atoms with Crippen molar-refractivity contribution in [3.63, 3.8) is 0 Å². The number of aromatic nitrogens is 5. The summed E-state index contributed by atoms with van der Waals surface area (Å²) >= 11 is 3.42. The van der Waals surface area contributed by atoms with Crippen molar-refractivity contribution in [2.75, 3.05) is 6.26 Å². The zero-order chi connectivity index (χ0) is 27.1. The summed E-state index contributed by atoms with van der Waals surface area (Å²) in [7, 11) is -5.86. The van der Waals surface area contributed by atoms with Crippen LogP contribution < -0.4 is 5.56 Å². The van der Waals surface area contributed by atoms with Gasteiger partial charge in [0.1, 0.15) is 16.3 Å². The second-order valence-electron chi connectivity index (χ2n) is 8.15. The third-order valence-corrected chi connectivity index (χ3v) is 10.1. The minimum absolute atomic E-state index is 0.0435. The lowest BCUT2D eigenvalue weighted by atomic mass is 9.93. The fourth-order valence-electron chi connectivity index (χ4n) is 4.48. The molecule has 8 nitrogen and oxygen atoms in total. The molecule has 0 aliphatic carbocycles.